The van der Waals surface area contributed by atoms with Crippen LogP contribution in [-0.4, -0.2) is 16.1 Å². The van der Waals surface area contributed by atoms with Crippen molar-refractivity contribution in [2.45, 2.75) is 58.5 Å². The van der Waals surface area contributed by atoms with Crippen molar-refractivity contribution in [2.24, 2.45) is 28.9 Å². The smallest absolute Gasteiger partial charge is 0.289 e. The van der Waals surface area contributed by atoms with Crippen LogP contribution < -0.4 is 10.5 Å². The van der Waals surface area contributed by atoms with Gasteiger partial charge in [-0.2, -0.15) is 0 Å². The second-order valence-corrected chi connectivity index (χ2v) is 11.1. The lowest BCUT2D eigenvalue weighted by atomic mass is 9.48. The summed E-state index contributed by atoms with van der Waals surface area (Å²) in [6.45, 7) is 2.36. The summed E-state index contributed by atoms with van der Waals surface area (Å²) in [5.41, 5.74) is 9.92. The molecular formula is C29H32N2O3. The number of Topliss-reactive ketones (excluding diaryl/α,β-unsaturated/α-hetero) is 1. The van der Waals surface area contributed by atoms with Gasteiger partial charge in [-0.05, 0) is 98.3 Å². The first kappa shape index (κ1) is 21.5. The normalized spacial score (nSPS) is 27.3. The predicted octanol–water partition coefficient (Wildman–Crippen LogP) is 5.25. The number of amides is 1. The zero-order valence-corrected chi connectivity index (χ0v) is 19.8. The summed E-state index contributed by atoms with van der Waals surface area (Å²) in [4.78, 5) is 25.1. The maximum atomic E-state index is 13.0. The number of pyridine rings is 1. The van der Waals surface area contributed by atoms with Gasteiger partial charge in [0.1, 0.15) is 12.4 Å². The van der Waals surface area contributed by atoms with Gasteiger partial charge in [-0.15, -0.1) is 0 Å². The van der Waals surface area contributed by atoms with Crippen LogP contribution in [0.25, 0.3) is 5.52 Å². The number of aromatic nitrogens is 1. The molecule has 0 atom stereocenters. The first-order valence-electron chi connectivity index (χ1n) is 12.6. The summed E-state index contributed by atoms with van der Waals surface area (Å²) >= 11 is 0. The molecule has 34 heavy (non-hydrogen) atoms. The first-order chi connectivity index (χ1) is 16.4. The van der Waals surface area contributed by atoms with E-state index in [0.717, 1.165) is 41.0 Å². The molecule has 176 valence electrons. The molecule has 0 spiro atoms. The summed E-state index contributed by atoms with van der Waals surface area (Å²) in [5.74, 6) is 1.62. The molecule has 0 radical (unpaired) electrons. The number of hydrogen-bond acceptors (Lipinski definition) is 3. The molecule has 5 heteroatoms. The quantitative estimate of drug-likeness (QED) is 0.390. The average molecular weight is 457 g/mol. The topological polar surface area (TPSA) is 73.8 Å². The molecule has 2 aromatic heterocycles. The third-order valence-electron chi connectivity index (χ3n) is 8.69. The molecule has 0 unspecified atom stereocenters. The van der Waals surface area contributed by atoms with Crippen molar-refractivity contribution in [3.05, 3.63) is 71.0 Å². The van der Waals surface area contributed by atoms with E-state index in [0.29, 0.717) is 28.9 Å². The van der Waals surface area contributed by atoms with E-state index in [1.165, 1.54) is 38.5 Å². The van der Waals surface area contributed by atoms with Crippen LogP contribution in [0, 0.1) is 30.1 Å². The average Bonchev–Trinajstić information content (AvgIpc) is 3.08. The van der Waals surface area contributed by atoms with Crippen LogP contribution in [0.3, 0.4) is 0 Å². The van der Waals surface area contributed by atoms with E-state index in [2.05, 4.69) is 4.40 Å². The molecule has 4 saturated carbocycles. The Balaban J connectivity index is 1.43. The number of nitrogens with two attached hydrogens (primary N) is 1. The summed E-state index contributed by atoms with van der Waals surface area (Å²) in [5, 5.41) is 0. The van der Waals surface area contributed by atoms with Crippen LogP contribution >= 0.6 is 0 Å². The highest BCUT2D eigenvalue weighted by atomic mass is 16.5. The Kier molecular flexibility index (Phi) is 5.05. The second kappa shape index (κ2) is 8.00. The zero-order chi connectivity index (χ0) is 23.4. The molecule has 7 rings (SSSR count). The number of nitrogens with zero attached hydrogens (tertiary/aromatic N) is 1. The largest absolute Gasteiger partial charge is 0.487 e. The number of ether oxygens (including phenoxy) is 1. The molecule has 4 aliphatic carbocycles. The standard InChI is InChI=1S/C29H32N2O3/c1-18-23(16-29-13-20-10-21(14-29)12-22(11-20)15-29)31-9-5-8-24(26(31)25(18)27(32)28(30)33)34-17-19-6-3-2-4-7-19/h2-9,20-22H,10-17H2,1H3,(H2,30,33). The minimum Gasteiger partial charge on any atom is -0.487 e. The van der Waals surface area contributed by atoms with Gasteiger partial charge in [0.15, 0.2) is 0 Å². The maximum absolute atomic E-state index is 13.0. The minimum atomic E-state index is -0.921. The van der Waals surface area contributed by atoms with Crippen molar-refractivity contribution >= 4 is 17.2 Å². The molecule has 0 aliphatic heterocycles. The number of primary amides is 1. The Morgan fingerprint density at radius 1 is 1.00 bits per heavy atom. The van der Waals surface area contributed by atoms with Crippen molar-refractivity contribution < 1.29 is 14.3 Å². The van der Waals surface area contributed by atoms with E-state index in [1.807, 2.05) is 55.6 Å². The van der Waals surface area contributed by atoms with Crippen LogP contribution in [0.4, 0.5) is 0 Å². The molecule has 4 aliphatic rings. The van der Waals surface area contributed by atoms with Gasteiger partial charge in [-0.3, -0.25) is 9.59 Å². The first-order valence-corrected chi connectivity index (χ1v) is 12.6. The van der Waals surface area contributed by atoms with Crippen LogP contribution in [0.1, 0.15) is 65.7 Å². The van der Waals surface area contributed by atoms with E-state index in [4.69, 9.17) is 10.5 Å². The van der Waals surface area contributed by atoms with Crippen molar-refractivity contribution in [2.75, 3.05) is 0 Å². The second-order valence-electron chi connectivity index (χ2n) is 11.1. The lowest BCUT2D eigenvalue weighted by molar-refractivity contribution is -0.114. The third kappa shape index (κ3) is 3.53. The van der Waals surface area contributed by atoms with Crippen LogP contribution in [0.2, 0.25) is 0 Å². The molecule has 5 nitrogen and oxygen atoms in total. The molecule has 0 saturated heterocycles. The number of ketones is 1. The van der Waals surface area contributed by atoms with Crippen molar-refractivity contribution in [1.29, 1.82) is 0 Å². The van der Waals surface area contributed by atoms with Gasteiger partial charge in [0.05, 0.1) is 11.1 Å². The SMILES string of the molecule is Cc1c(C(=O)C(N)=O)c2c(OCc3ccccc3)cccn2c1CC12CC3CC(CC(C3)C1)C2. The third-order valence-corrected chi connectivity index (χ3v) is 8.69. The Bertz CT molecular complexity index is 1240. The van der Waals surface area contributed by atoms with Crippen molar-refractivity contribution in [1.82, 2.24) is 4.40 Å². The summed E-state index contributed by atoms with van der Waals surface area (Å²) in [6, 6.07) is 13.8. The molecule has 2 N–H and O–H groups in total. The fraction of sp³-hybridized carbons (Fsp3) is 0.448. The summed E-state index contributed by atoms with van der Waals surface area (Å²) in [6.07, 6.45) is 11.0. The van der Waals surface area contributed by atoms with Crippen LogP contribution in [0.15, 0.2) is 48.7 Å². The van der Waals surface area contributed by atoms with Gasteiger partial charge in [0.2, 0.25) is 0 Å². The number of benzene rings is 1. The highest BCUT2D eigenvalue weighted by molar-refractivity contribution is 6.44. The summed E-state index contributed by atoms with van der Waals surface area (Å²) in [7, 11) is 0. The van der Waals surface area contributed by atoms with Gasteiger partial charge in [-0.1, -0.05) is 30.3 Å². The predicted molar refractivity (Wildman–Crippen MR) is 131 cm³/mol. The lowest BCUT2D eigenvalue weighted by Gasteiger charge is -2.57. The van der Waals surface area contributed by atoms with Crippen molar-refractivity contribution in [3.63, 3.8) is 0 Å². The maximum Gasteiger partial charge on any atom is 0.289 e. The molecule has 1 amide bonds. The Morgan fingerprint density at radius 3 is 2.26 bits per heavy atom. The van der Waals surface area contributed by atoms with Gasteiger partial charge in [0, 0.05) is 11.9 Å². The molecule has 1 aromatic carbocycles. The summed E-state index contributed by atoms with van der Waals surface area (Å²) < 4.78 is 8.31. The number of hydrogen-bond donors (Lipinski definition) is 1. The molecule has 2 heterocycles. The molecule has 3 aromatic rings. The number of carbonyl (C=O) groups excluding carboxylic acids is 2. The molecule has 4 bridgehead atoms. The molecule has 4 fully saturated rings. The van der Waals surface area contributed by atoms with Gasteiger partial charge >= 0.3 is 0 Å². The van der Waals surface area contributed by atoms with E-state index in [-0.39, 0.29) is 0 Å². The van der Waals surface area contributed by atoms with Crippen LogP contribution in [-0.2, 0) is 17.8 Å². The van der Waals surface area contributed by atoms with Gasteiger partial charge < -0.3 is 14.9 Å². The van der Waals surface area contributed by atoms with E-state index >= 15 is 0 Å². The Morgan fingerprint density at radius 2 is 1.65 bits per heavy atom. The van der Waals surface area contributed by atoms with Gasteiger partial charge in [-0.25, -0.2) is 0 Å². The number of fused-ring (bicyclic) bond motifs is 1. The molecular weight excluding hydrogens is 424 g/mol. The van der Waals surface area contributed by atoms with Crippen LogP contribution in [0.5, 0.6) is 5.75 Å². The monoisotopic (exact) mass is 456 g/mol. The van der Waals surface area contributed by atoms with E-state index in [1.54, 1.807) is 0 Å². The number of rotatable bonds is 7. The minimum absolute atomic E-state index is 0.307. The number of carbonyl (C=O) groups is 2. The zero-order valence-electron chi connectivity index (χ0n) is 19.8. The van der Waals surface area contributed by atoms with E-state index < -0.39 is 11.7 Å². The van der Waals surface area contributed by atoms with Gasteiger partial charge in [0.25, 0.3) is 11.7 Å². The highest BCUT2D eigenvalue weighted by Gasteiger charge is 2.51. The van der Waals surface area contributed by atoms with E-state index in [9.17, 15) is 9.59 Å². The Labute approximate surface area is 200 Å². The Hall–Kier alpha value is -3.08. The fourth-order valence-electron chi connectivity index (χ4n) is 7.79. The van der Waals surface area contributed by atoms with Crippen molar-refractivity contribution in [3.8, 4) is 5.75 Å². The highest BCUT2D eigenvalue weighted by Crippen LogP contribution is 2.61. The fourth-order valence-corrected chi connectivity index (χ4v) is 7.79. The lowest BCUT2D eigenvalue weighted by Crippen LogP contribution is -2.47.